The van der Waals surface area contributed by atoms with Crippen molar-refractivity contribution >= 4 is 35.6 Å². The van der Waals surface area contributed by atoms with Crippen molar-refractivity contribution in [1.29, 1.82) is 0 Å². The minimum Gasteiger partial charge on any atom is -0.463 e. The lowest BCUT2D eigenvalue weighted by atomic mass is 9.79. The number of amides is 4. The normalized spacial score (nSPS) is 16.4. The quantitative estimate of drug-likeness (QED) is 0.335. The summed E-state index contributed by atoms with van der Waals surface area (Å²) in [6.45, 7) is 6.45. The van der Waals surface area contributed by atoms with Gasteiger partial charge in [0.1, 0.15) is 13.2 Å². The van der Waals surface area contributed by atoms with Crippen molar-refractivity contribution in [3.05, 3.63) is 24.3 Å². The summed E-state index contributed by atoms with van der Waals surface area (Å²) in [4.78, 5) is 72.9. The fraction of sp³-hybridized carbons (Fsp3) is 0.545. The first-order chi connectivity index (χ1) is 14.8. The van der Waals surface area contributed by atoms with Gasteiger partial charge in [-0.1, -0.05) is 0 Å². The Kier molecular flexibility index (Phi) is 7.71. The van der Waals surface area contributed by atoms with E-state index in [0.717, 1.165) is 34.1 Å². The molecule has 0 saturated carbocycles. The maximum atomic E-state index is 12.5. The minimum absolute atomic E-state index is 0.0259. The Balaban J connectivity index is 1.75. The van der Waals surface area contributed by atoms with Gasteiger partial charge in [0.25, 0.3) is 23.6 Å². The van der Waals surface area contributed by atoms with Gasteiger partial charge in [-0.15, -0.1) is 0 Å². The van der Waals surface area contributed by atoms with Gasteiger partial charge in [0.05, 0.1) is 23.9 Å². The van der Waals surface area contributed by atoms with Crippen LogP contribution in [0.25, 0.3) is 0 Å². The molecule has 0 N–H and O–H groups in total. The Morgan fingerprint density at radius 1 is 0.656 bits per heavy atom. The molecule has 0 atom stereocenters. The number of hydrogen-bond acceptors (Lipinski definition) is 8. The molecule has 0 bridgehead atoms. The van der Waals surface area contributed by atoms with Gasteiger partial charge >= 0.3 is 11.9 Å². The van der Waals surface area contributed by atoms with Crippen molar-refractivity contribution < 1.29 is 38.2 Å². The molecule has 0 aliphatic carbocycles. The van der Waals surface area contributed by atoms with E-state index in [2.05, 4.69) is 0 Å². The Bertz CT molecular complexity index is 776. The maximum Gasteiger partial charge on any atom is 0.311 e. The lowest BCUT2D eigenvalue weighted by Gasteiger charge is -2.28. The Morgan fingerprint density at radius 3 is 1.22 bits per heavy atom. The van der Waals surface area contributed by atoms with Crippen LogP contribution in [0.15, 0.2) is 24.3 Å². The lowest BCUT2D eigenvalue weighted by Crippen LogP contribution is -2.37. The zero-order valence-electron chi connectivity index (χ0n) is 18.7. The summed E-state index contributed by atoms with van der Waals surface area (Å²) in [5.74, 6) is -2.79. The lowest BCUT2D eigenvalue weighted by molar-refractivity contribution is -0.160. The van der Waals surface area contributed by atoms with Gasteiger partial charge in [0.2, 0.25) is 0 Å². The topological polar surface area (TPSA) is 127 Å². The highest BCUT2D eigenvalue weighted by Crippen LogP contribution is 2.33. The third-order valence-electron chi connectivity index (χ3n) is 5.38. The first kappa shape index (κ1) is 25.0. The van der Waals surface area contributed by atoms with Crippen molar-refractivity contribution in [1.82, 2.24) is 9.80 Å². The molecule has 2 rings (SSSR count). The van der Waals surface area contributed by atoms with Crippen LogP contribution < -0.4 is 0 Å². The molecule has 0 aromatic carbocycles. The molecule has 0 spiro atoms. The third kappa shape index (κ3) is 6.12. The van der Waals surface area contributed by atoms with E-state index in [9.17, 15) is 28.8 Å². The maximum absolute atomic E-state index is 12.5. The van der Waals surface area contributed by atoms with E-state index in [1.165, 1.54) is 0 Å². The summed E-state index contributed by atoms with van der Waals surface area (Å²) >= 11 is 0. The van der Waals surface area contributed by atoms with E-state index >= 15 is 0 Å². The molecule has 2 heterocycles. The van der Waals surface area contributed by atoms with Crippen molar-refractivity contribution in [2.24, 2.45) is 10.8 Å². The third-order valence-corrected chi connectivity index (χ3v) is 5.38. The van der Waals surface area contributed by atoms with E-state index in [4.69, 9.17) is 9.47 Å². The number of carbonyl (C=O) groups excluding carboxylic acids is 6. The molecule has 0 aromatic rings. The SMILES string of the molecule is CC(C)(CCC(C)(C)C(=O)OCCN1C(=O)C=CC1=O)C(=O)OCCN1C(=O)C=CC1=O. The first-order valence-corrected chi connectivity index (χ1v) is 10.3. The molecule has 2 aliphatic heterocycles. The van der Waals surface area contributed by atoms with Crippen LogP contribution in [-0.2, 0) is 38.2 Å². The van der Waals surface area contributed by atoms with Crippen molar-refractivity contribution in [3.8, 4) is 0 Å². The smallest absolute Gasteiger partial charge is 0.311 e. The molecule has 10 nitrogen and oxygen atoms in total. The number of imide groups is 2. The Labute approximate surface area is 186 Å². The van der Waals surface area contributed by atoms with Gasteiger partial charge in [-0.2, -0.15) is 0 Å². The summed E-state index contributed by atoms with van der Waals surface area (Å²) < 4.78 is 10.5. The molecule has 10 heteroatoms. The number of nitrogens with zero attached hydrogens (tertiary/aromatic N) is 2. The summed E-state index contributed by atoms with van der Waals surface area (Å²) in [5.41, 5.74) is -1.82. The molecule has 32 heavy (non-hydrogen) atoms. The Morgan fingerprint density at radius 2 is 0.938 bits per heavy atom. The number of ether oxygens (including phenoxy) is 2. The number of esters is 2. The molecule has 0 saturated heterocycles. The molecular formula is C22H28N2O8. The van der Waals surface area contributed by atoms with E-state index < -0.39 is 46.4 Å². The van der Waals surface area contributed by atoms with Crippen LogP contribution in [0.4, 0.5) is 0 Å². The molecule has 2 aliphatic rings. The molecule has 0 unspecified atom stereocenters. The fourth-order valence-corrected chi connectivity index (χ4v) is 2.98. The highest BCUT2D eigenvalue weighted by molar-refractivity contribution is 6.13. The predicted molar refractivity (Wildman–Crippen MR) is 110 cm³/mol. The highest BCUT2D eigenvalue weighted by atomic mass is 16.5. The van der Waals surface area contributed by atoms with E-state index in [1.54, 1.807) is 27.7 Å². The van der Waals surface area contributed by atoms with Gasteiger partial charge in [-0.3, -0.25) is 38.6 Å². The van der Waals surface area contributed by atoms with Crippen LogP contribution in [-0.4, -0.2) is 71.7 Å². The molecule has 174 valence electrons. The van der Waals surface area contributed by atoms with E-state index in [0.29, 0.717) is 12.8 Å². The summed E-state index contributed by atoms with van der Waals surface area (Å²) in [6, 6.07) is 0. The Hall–Kier alpha value is -3.30. The van der Waals surface area contributed by atoms with Gasteiger partial charge in [0, 0.05) is 24.3 Å². The van der Waals surface area contributed by atoms with E-state index in [1.807, 2.05) is 0 Å². The van der Waals surface area contributed by atoms with Crippen molar-refractivity contribution in [2.75, 3.05) is 26.3 Å². The summed E-state index contributed by atoms with van der Waals surface area (Å²) in [5, 5.41) is 0. The van der Waals surface area contributed by atoms with Crippen molar-refractivity contribution in [2.45, 2.75) is 40.5 Å². The summed E-state index contributed by atoms with van der Waals surface area (Å²) in [7, 11) is 0. The van der Waals surface area contributed by atoms with Crippen LogP contribution in [0, 0.1) is 10.8 Å². The second kappa shape index (κ2) is 9.88. The molecular weight excluding hydrogens is 420 g/mol. The van der Waals surface area contributed by atoms with Crippen LogP contribution in [0.3, 0.4) is 0 Å². The van der Waals surface area contributed by atoms with Crippen molar-refractivity contribution in [3.63, 3.8) is 0 Å². The summed E-state index contributed by atoms with van der Waals surface area (Å²) in [6.07, 6.45) is 5.29. The van der Waals surface area contributed by atoms with Gasteiger partial charge in [-0.25, -0.2) is 0 Å². The number of rotatable bonds is 11. The van der Waals surface area contributed by atoms with Crippen LogP contribution in [0.5, 0.6) is 0 Å². The zero-order chi connectivity index (χ0) is 24.1. The standard InChI is InChI=1S/C22H28N2O8/c1-21(2,19(29)31-13-11-23-15(25)5-6-16(23)26)9-10-22(3,4)20(30)32-14-12-24-17(27)7-8-18(24)28/h5-8H,9-14H2,1-4H3. The number of carbonyl (C=O) groups is 6. The van der Waals surface area contributed by atoms with Gasteiger partial charge in [-0.05, 0) is 40.5 Å². The number of hydrogen-bond donors (Lipinski definition) is 0. The fourth-order valence-electron chi connectivity index (χ4n) is 2.98. The van der Waals surface area contributed by atoms with Crippen LogP contribution in [0.2, 0.25) is 0 Å². The predicted octanol–water partition coefficient (Wildman–Crippen LogP) is 0.755. The molecule has 0 fully saturated rings. The second-order valence-corrected chi connectivity index (χ2v) is 8.86. The van der Waals surface area contributed by atoms with Gasteiger partial charge < -0.3 is 9.47 Å². The van der Waals surface area contributed by atoms with Crippen LogP contribution in [0.1, 0.15) is 40.5 Å². The highest BCUT2D eigenvalue weighted by Gasteiger charge is 2.36. The first-order valence-electron chi connectivity index (χ1n) is 10.3. The monoisotopic (exact) mass is 448 g/mol. The average Bonchev–Trinajstić information content (AvgIpc) is 3.22. The molecule has 0 radical (unpaired) electrons. The largest absolute Gasteiger partial charge is 0.463 e. The molecule has 4 amide bonds. The van der Waals surface area contributed by atoms with Crippen LogP contribution >= 0.6 is 0 Å². The van der Waals surface area contributed by atoms with Gasteiger partial charge in [0.15, 0.2) is 0 Å². The average molecular weight is 448 g/mol. The second-order valence-electron chi connectivity index (χ2n) is 8.86. The zero-order valence-corrected chi connectivity index (χ0v) is 18.7. The van der Waals surface area contributed by atoms with E-state index in [-0.39, 0.29) is 26.3 Å². The molecule has 0 aromatic heterocycles. The minimum atomic E-state index is -0.908.